The Balaban J connectivity index is 3.43. The van der Waals surface area contributed by atoms with Gasteiger partial charge in [0.05, 0.1) is 5.76 Å². The first-order chi connectivity index (χ1) is 14.8. The normalized spacial score (nSPS) is 11.8. The van der Waals surface area contributed by atoms with E-state index in [4.69, 9.17) is 5.11 Å². The van der Waals surface area contributed by atoms with E-state index in [-0.39, 0.29) is 11.8 Å². The van der Waals surface area contributed by atoms with Crippen molar-refractivity contribution in [3.05, 3.63) is 36.8 Å². The molecule has 0 aliphatic rings. The molecule has 180 valence electrons. The lowest BCUT2D eigenvalue weighted by molar-refractivity contribution is -0.117. The van der Waals surface area contributed by atoms with Crippen LogP contribution in [0, 0.1) is 0 Å². The van der Waals surface area contributed by atoms with E-state index in [1.165, 1.54) is 83.5 Å². The third-order valence-electron chi connectivity index (χ3n) is 5.95. The smallest absolute Gasteiger partial charge is 0.129 e. The monoisotopic (exact) mass is 433 g/mol. The first kappa shape index (κ1) is 29.5. The van der Waals surface area contributed by atoms with Crippen molar-refractivity contribution >= 4 is 5.78 Å². The summed E-state index contributed by atoms with van der Waals surface area (Å²) >= 11 is 0. The van der Waals surface area contributed by atoms with Crippen LogP contribution in [0.3, 0.4) is 0 Å². The zero-order chi connectivity index (χ0) is 23.3. The van der Waals surface area contributed by atoms with Gasteiger partial charge in [0, 0.05) is 24.6 Å². The summed E-state index contributed by atoms with van der Waals surface area (Å²) in [6.07, 6.45) is 21.5. The molecule has 2 N–H and O–H groups in total. The van der Waals surface area contributed by atoms with Gasteiger partial charge in [-0.2, -0.15) is 0 Å². The lowest BCUT2D eigenvalue weighted by atomic mass is 10.0. The molecule has 0 aliphatic carbocycles. The summed E-state index contributed by atoms with van der Waals surface area (Å²) in [7, 11) is 0. The molecule has 0 heterocycles. The zero-order valence-corrected chi connectivity index (χ0v) is 20.8. The third kappa shape index (κ3) is 21.5. The van der Waals surface area contributed by atoms with E-state index in [0.717, 1.165) is 37.0 Å². The molecule has 0 amide bonds. The van der Waals surface area contributed by atoms with Gasteiger partial charge in [-0.05, 0) is 39.5 Å². The van der Waals surface area contributed by atoms with Gasteiger partial charge in [-0.15, -0.1) is 0 Å². The van der Waals surface area contributed by atoms with E-state index < -0.39 is 0 Å². The first-order valence-corrected chi connectivity index (χ1v) is 12.8. The van der Waals surface area contributed by atoms with Crippen molar-refractivity contribution in [1.82, 2.24) is 5.32 Å². The second-order valence-electron chi connectivity index (χ2n) is 9.40. The van der Waals surface area contributed by atoms with Crippen LogP contribution in [0.25, 0.3) is 0 Å². The molecule has 1 atom stereocenters. The van der Waals surface area contributed by atoms with Crippen molar-refractivity contribution in [1.29, 1.82) is 0 Å². The number of Topliss-reactive ketones (excluding diaryl/α,β-unsaturated/α-hetero) is 1. The fraction of sp³-hybridized carbons (Fsp3) is 0.750. The average Bonchev–Trinajstić information content (AvgIpc) is 2.70. The Morgan fingerprint density at radius 3 is 1.42 bits per heavy atom. The first-order valence-electron chi connectivity index (χ1n) is 12.8. The molecule has 3 heteroatoms. The van der Waals surface area contributed by atoms with E-state index in [1.54, 1.807) is 6.92 Å². The molecule has 0 saturated heterocycles. The van der Waals surface area contributed by atoms with E-state index in [9.17, 15) is 4.79 Å². The Morgan fingerprint density at radius 1 is 0.677 bits per heavy atom. The maximum atomic E-state index is 11.2. The number of carbonyl (C=O) groups excluding carboxylic acids is 1. The molecule has 0 rings (SSSR count). The number of unbranched alkanes of at least 4 members (excludes halogenated alkanes) is 13. The maximum absolute atomic E-state index is 11.2. The Bertz CT molecular complexity index is 509. The molecule has 0 bridgehead atoms. The van der Waals surface area contributed by atoms with Gasteiger partial charge in [0.1, 0.15) is 5.78 Å². The second-order valence-corrected chi connectivity index (χ2v) is 9.40. The van der Waals surface area contributed by atoms with Gasteiger partial charge in [-0.1, -0.05) is 102 Å². The minimum absolute atomic E-state index is 0.170. The van der Waals surface area contributed by atoms with E-state index >= 15 is 0 Å². The number of carbonyl (C=O) groups is 1. The highest BCUT2D eigenvalue weighted by atomic mass is 16.3. The van der Waals surface area contributed by atoms with Gasteiger partial charge in [0.25, 0.3) is 0 Å². The van der Waals surface area contributed by atoms with Crippen molar-refractivity contribution in [2.75, 3.05) is 0 Å². The summed E-state index contributed by atoms with van der Waals surface area (Å²) in [6, 6.07) is 0.170. The van der Waals surface area contributed by atoms with Crippen LogP contribution in [-0.4, -0.2) is 16.9 Å². The van der Waals surface area contributed by atoms with Crippen molar-refractivity contribution in [2.45, 2.75) is 135 Å². The van der Waals surface area contributed by atoms with Crippen molar-refractivity contribution in [3.8, 4) is 0 Å². The predicted octanol–water partition coefficient (Wildman–Crippen LogP) is 8.72. The molecule has 0 aromatic heterocycles. The molecule has 31 heavy (non-hydrogen) atoms. The molecule has 0 fully saturated rings. The number of hydrogen-bond donors (Lipinski definition) is 2. The topological polar surface area (TPSA) is 49.3 Å². The Labute approximate surface area is 193 Å². The van der Waals surface area contributed by atoms with E-state index in [1.807, 2.05) is 6.92 Å². The molecular weight excluding hydrogens is 382 g/mol. The summed E-state index contributed by atoms with van der Waals surface area (Å²) in [6.45, 7) is 15.4. The maximum Gasteiger partial charge on any atom is 0.129 e. The van der Waals surface area contributed by atoms with E-state index in [0.29, 0.717) is 12.2 Å². The molecule has 1 unspecified atom stereocenters. The summed E-state index contributed by atoms with van der Waals surface area (Å²) < 4.78 is 0. The van der Waals surface area contributed by atoms with Gasteiger partial charge in [-0.3, -0.25) is 0 Å². The van der Waals surface area contributed by atoms with Crippen molar-refractivity contribution in [3.63, 3.8) is 0 Å². The third-order valence-corrected chi connectivity index (χ3v) is 5.95. The average molecular weight is 434 g/mol. The van der Waals surface area contributed by atoms with E-state index in [2.05, 4.69) is 25.1 Å². The fourth-order valence-electron chi connectivity index (χ4n) is 3.90. The standard InChI is InChI=1S/C28H51NO2/c1-24(2)28(23-22-27(5)31)29-25(3)20-18-16-14-12-10-8-6-7-9-11-13-15-17-19-21-26(4)30/h28-30H,1,3-4,6-23H2,2,5H3. The van der Waals surface area contributed by atoms with Gasteiger partial charge in [0.2, 0.25) is 0 Å². The quantitative estimate of drug-likeness (QED) is 0.0962. The molecule has 3 nitrogen and oxygen atoms in total. The summed E-state index contributed by atoms with van der Waals surface area (Å²) in [5.41, 5.74) is 2.16. The highest BCUT2D eigenvalue weighted by molar-refractivity contribution is 5.75. The van der Waals surface area contributed by atoms with Gasteiger partial charge >= 0.3 is 0 Å². The number of aliphatic hydroxyl groups excluding tert-OH is 1. The van der Waals surface area contributed by atoms with Crippen LogP contribution in [0.1, 0.15) is 129 Å². The molecule has 0 aliphatic heterocycles. The fourth-order valence-corrected chi connectivity index (χ4v) is 3.90. The van der Waals surface area contributed by atoms with Crippen LogP contribution in [0.5, 0.6) is 0 Å². The van der Waals surface area contributed by atoms with Gasteiger partial charge < -0.3 is 15.2 Å². The number of hydrogen-bond acceptors (Lipinski definition) is 3. The minimum Gasteiger partial charge on any atom is -0.513 e. The summed E-state index contributed by atoms with van der Waals surface area (Å²) in [4.78, 5) is 11.2. The predicted molar refractivity (Wildman–Crippen MR) is 136 cm³/mol. The Hall–Kier alpha value is -1.51. The second kappa shape index (κ2) is 20.4. The molecular formula is C28H51NO2. The molecule has 0 saturated carbocycles. The summed E-state index contributed by atoms with van der Waals surface area (Å²) in [5, 5.41) is 12.5. The summed E-state index contributed by atoms with van der Waals surface area (Å²) in [5.74, 6) is 0.563. The highest BCUT2D eigenvalue weighted by Crippen LogP contribution is 2.16. The molecule has 0 aromatic rings. The Morgan fingerprint density at radius 2 is 1.06 bits per heavy atom. The van der Waals surface area contributed by atoms with Crippen LogP contribution in [-0.2, 0) is 4.79 Å². The number of aliphatic hydroxyl groups is 1. The van der Waals surface area contributed by atoms with Crippen LogP contribution in [0.2, 0.25) is 0 Å². The number of nitrogens with one attached hydrogen (secondary N) is 1. The lowest BCUT2D eigenvalue weighted by Gasteiger charge is -2.21. The van der Waals surface area contributed by atoms with Crippen molar-refractivity contribution in [2.24, 2.45) is 0 Å². The SMILES string of the molecule is C=C(O)CCCCCCCCCCCCCCCCC(=C)NC(CCC(C)=O)C(=C)C. The lowest BCUT2D eigenvalue weighted by Crippen LogP contribution is -2.29. The van der Waals surface area contributed by atoms with Crippen LogP contribution in [0.4, 0.5) is 0 Å². The number of ketones is 1. The van der Waals surface area contributed by atoms with Crippen molar-refractivity contribution < 1.29 is 9.90 Å². The number of rotatable bonds is 23. The highest BCUT2D eigenvalue weighted by Gasteiger charge is 2.10. The molecule has 0 radical (unpaired) electrons. The molecule has 0 aromatic carbocycles. The zero-order valence-electron chi connectivity index (χ0n) is 20.8. The van der Waals surface area contributed by atoms with Crippen LogP contribution >= 0.6 is 0 Å². The Kier molecular flexibility index (Phi) is 19.4. The minimum atomic E-state index is 0.170. The van der Waals surface area contributed by atoms with Gasteiger partial charge in [0.15, 0.2) is 0 Å². The van der Waals surface area contributed by atoms with Gasteiger partial charge in [-0.25, -0.2) is 0 Å². The number of allylic oxidation sites excluding steroid dienone is 2. The molecule has 0 spiro atoms. The largest absolute Gasteiger partial charge is 0.513 e. The van der Waals surface area contributed by atoms with Crippen LogP contribution < -0.4 is 5.32 Å². The van der Waals surface area contributed by atoms with Crippen LogP contribution in [0.15, 0.2) is 36.8 Å².